The topological polar surface area (TPSA) is 0 Å². The van der Waals surface area contributed by atoms with Gasteiger partial charge in [-0.2, -0.15) is 0 Å². The molecule has 0 aromatic carbocycles. The Morgan fingerprint density at radius 1 is 1.60 bits per heavy atom. The van der Waals surface area contributed by atoms with Crippen molar-refractivity contribution in [3.63, 3.8) is 0 Å². The van der Waals surface area contributed by atoms with E-state index in [0.717, 1.165) is 13.9 Å². The quantitative estimate of drug-likeness (QED) is 0.422. The van der Waals surface area contributed by atoms with Crippen LogP contribution >= 0.6 is 8.20 Å². The molecule has 1 atom stereocenters. The van der Waals surface area contributed by atoms with Gasteiger partial charge in [0.1, 0.15) is 5.66 Å². The molecule has 0 N–H and O–H groups in total. The number of hydrogen-bond donors (Lipinski definition) is 0. The summed E-state index contributed by atoms with van der Waals surface area (Å²) in [5.74, 6) is 0. The lowest BCUT2D eigenvalue weighted by molar-refractivity contribution is 1.50. The van der Waals surface area contributed by atoms with Gasteiger partial charge in [0.05, 0.1) is 14.5 Å². The van der Waals surface area contributed by atoms with E-state index in [-0.39, 0.29) is 0 Å². The lowest BCUT2D eigenvalue weighted by Crippen LogP contribution is -1.48. The van der Waals surface area contributed by atoms with Gasteiger partial charge in [-0.05, 0) is 12.8 Å². The van der Waals surface area contributed by atoms with Crippen LogP contribution in [0.5, 0.6) is 0 Å². The molecule has 0 aromatic rings. The SMILES string of the molecule is C=[PH+]C1CC1. The number of rotatable bonds is 1. The first-order chi connectivity index (χ1) is 2.43. The highest BCUT2D eigenvalue weighted by Gasteiger charge is 2.24. The predicted octanol–water partition coefficient (Wildman–Crippen LogP) is 1.26. The highest BCUT2D eigenvalue weighted by atomic mass is 31.1. The zero-order valence-corrected chi connectivity index (χ0v) is 4.20. The van der Waals surface area contributed by atoms with Crippen molar-refractivity contribution >= 4 is 14.5 Å². The van der Waals surface area contributed by atoms with E-state index in [4.69, 9.17) is 0 Å². The molecule has 0 saturated heterocycles. The second kappa shape index (κ2) is 1.10. The molecule has 0 bridgehead atoms. The average Bonchev–Trinajstić information content (AvgIpc) is 2.12. The predicted molar refractivity (Wildman–Crippen MR) is 28.5 cm³/mol. The lowest BCUT2D eigenvalue weighted by Gasteiger charge is -1.49. The van der Waals surface area contributed by atoms with Crippen LogP contribution in [0, 0.1) is 0 Å². The van der Waals surface area contributed by atoms with Crippen LogP contribution in [-0.4, -0.2) is 12.0 Å². The van der Waals surface area contributed by atoms with Crippen LogP contribution in [0.25, 0.3) is 0 Å². The van der Waals surface area contributed by atoms with Gasteiger partial charge in [0.25, 0.3) is 0 Å². The fraction of sp³-hybridized carbons (Fsp3) is 0.750. The van der Waals surface area contributed by atoms with E-state index in [1.807, 2.05) is 0 Å². The van der Waals surface area contributed by atoms with Crippen LogP contribution in [0.4, 0.5) is 0 Å². The second-order valence-corrected chi connectivity index (χ2v) is 2.70. The number of hydrogen-bond acceptors (Lipinski definition) is 0. The molecule has 0 amide bonds. The van der Waals surface area contributed by atoms with E-state index >= 15 is 0 Å². The Balaban J connectivity index is 2.21. The van der Waals surface area contributed by atoms with Gasteiger partial charge < -0.3 is 0 Å². The molecule has 5 heavy (non-hydrogen) atoms. The molecule has 1 aliphatic rings. The molecule has 1 rings (SSSR count). The minimum atomic E-state index is 0.975. The largest absolute Gasteiger partial charge is 0.114 e. The molecule has 28 valence electrons. The van der Waals surface area contributed by atoms with Crippen molar-refractivity contribution in [1.29, 1.82) is 0 Å². The summed E-state index contributed by atoms with van der Waals surface area (Å²) in [5.41, 5.74) is 1.05. The highest BCUT2D eigenvalue weighted by molar-refractivity contribution is 7.37. The van der Waals surface area contributed by atoms with Crippen LogP contribution < -0.4 is 0 Å². The van der Waals surface area contributed by atoms with Crippen molar-refractivity contribution in [2.45, 2.75) is 18.5 Å². The molecule has 0 spiro atoms. The van der Waals surface area contributed by atoms with Crippen LogP contribution in [-0.2, 0) is 0 Å². The van der Waals surface area contributed by atoms with Gasteiger partial charge in [0.15, 0.2) is 0 Å². The summed E-state index contributed by atoms with van der Waals surface area (Å²) in [6.07, 6.45) is 6.70. The first kappa shape index (κ1) is 3.36. The molecule has 0 aliphatic heterocycles. The molecule has 0 nitrogen and oxygen atoms in total. The van der Waals surface area contributed by atoms with E-state index in [1.54, 1.807) is 0 Å². The molecular weight excluding hydrogens is 79.0 g/mol. The van der Waals surface area contributed by atoms with E-state index < -0.39 is 0 Å². The van der Waals surface area contributed by atoms with E-state index in [1.165, 1.54) is 12.8 Å². The Morgan fingerprint density at radius 3 is 2.20 bits per heavy atom. The van der Waals surface area contributed by atoms with E-state index in [0.29, 0.717) is 0 Å². The van der Waals surface area contributed by atoms with Crippen molar-refractivity contribution in [3.05, 3.63) is 0 Å². The third-order valence-corrected chi connectivity index (χ3v) is 2.02. The fourth-order valence-corrected chi connectivity index (χ4v) is 0.862. The Bertz CT molecular complexity index is 45.6. The third kappa shape index (κ3) is 0.735. The minimum Gasteiger partial charge on any atom is -0.00552 e. The summed E-state index contributed by atoms with van der Waals surface area (Å²) >= 11 is 0. The molecule has 1 unspecified atom stereocenters. The minimum absolute atomic E-state index is 0.975. The Hall–Kier alpha value is 0.170. The van der Waals surface area contributed by atoms with Gasteiger partial charge in [-0.15, -0.1) is 0 Å². The van der Waals surface area contributed by atoms with Crippen LogP contribution in [0.1, 0.15) is 12.8 Å². The Morgan fingerprint density at radius 2 is 2.20 bits per heavy atom. The van der Waals surface area contributed by atoms with Crippen LogP contribution in [0.3, 0.4) is 0 Å². The van der Waals surface area contributed by atoms with Gasteiger partial charge in [-0.1, -0.05) is 0 Å². The first-order valence-electron chi connectivity index (χ1n) is 1.96. The second-order valence-electron chi connectivity index (χ2n) is 1.48. The van der Waals surface area contributed by atoms with Gasteiger partial charge in [-0.3, -0.25) is 0 Å². The molecular formula is C4H8P+. The molecule has 0 heterocycles. The molecule has 1 aliphatic carbocycles. The average molecular weight is 87.1 g/mol. The Labute approximate surface area is 34.0 Å². The van der Waals surface area contributed by atoms with E-state index in [9.17, 15) is 0 Å². The standard InChI is InChI=1S/C4H7P/c1-5-4-2-3-4/h4H,1-3H2/p+1. The normalized spacial score (nSPS) is 24.0. The smallest absolute Gasteiger partial charge is 0.00552 e. The zero-order valence-electron chi connectivity index (χ0n) is 3.20. The monoisotopic (exact) mass is 87.0 g/mol. The summed E-state index contributed by atoms with van der Waals surface area (Å²) in [6, 6.07) is 0. The first-order valence-corrected chi connectivity index (χ1v) is 3.24. The summed E-state index contributed by atoms with van der Waals surface area (Å²) < 4.78 is 0. The third-order valence-electron chi connectivity index (χ3n) is 0.866. The van der Waals surface area contributed by atoms with Gasteiger partial charge in [-0.25, -0.2) is 0 Å². The van der Waals surface area contributed by atoms with Crippen molar-refractivity contribution in [2.24, 2.45) is 0 Å². The molecule has 1 fully saturated rings. The Kier molecular flexibility index (Phi) is 0.740. The molecule has 0 radical (unpaired) electrons. The van der Waals surface area contributed by atoms with Crippen molar-refractivity contribution in [2.75, 3.05) is 0 Å². The lowest BCUT2D eigenvalue weighted by atomic mass is 11.0. The summed E-state index contributed by atoms with van der Waals surface area (Å²) in [6.45, 7) is 0. The van der Waals surface area contributed by atoms with Crippen LogP contribution in [0.2, 0.25) is 0 Å². The van der Waals surface area contributed by atoms with Crippen LogP contribution in [0.15, 0.2) is 0 Å². The molecule has 1 heteroatoms. The summed E-state index contributed by atoms with van der Waals surface area (Å²) in [7, 11) is 0.975. The van der Waals surface area contributed by atoms with Gasteiger partial charge >= 0.3 is 0 Å². The fourth-order valence-electron chi connectivity index (χ4n) is 0.287. The molecule has 1 saturated carbocycles. The highest BCUT2D eigenvalue weighted by Crippen LogP contribution is 2.31. The zero-order chi connectivity index (χ0) is 3.70. The summed E-state index contributed by atoms with van der Waals surface area (Å²) in [4.78, 5) is 0. The summed E-state index contributed by atoms with van der Waals surface area (Å²) in [5, 5.41) is 0. The maximum Gasteiger partial charge on any atom is 0.114 e. The maximum atomic E-state index is 3.78. The van der Waals surface area contributed by atoms with Crippen molar-refractivity contribution in [1.82, 2.24) is 0 Å². The van der Waals surface area contributed by atoms with Crippen molar-refractivity contribution < 1.29 is 0 Å². The van der Waals surface area contributed by atoms with Gasteiger partial charge in [0, 0.05) is 0 Å². The van der Waals surface area contributed by atoms with E-state index in [2.05, 4.69) is 6.30 Å². The maximum absolute atomic E-state index is 3.78. The molecule has 0 aromatic heterocycles. The van der Waals surface area contributed by atoms with Crippen molar-refractivity contribution in [3.8, 4) is 0 Å². The van der Waals surface area contributed by atoms with Gasteiger partial charge in [0.2, 0.25) is 0 Å².